The van der Waals surface area contributed by atoms with Gasteiger partial charge in [0.25, 0.3) is 0 Å². The molecule has 0 spiro atoms. The van der Waals surface area contributed by atoms with E-state index < -0.39 is 0 Å². The summed E-state index contributed by atoms with van der Waals surface area (Å²) >= 11 is 1.37. The van der Waals surface area contributed by atoms with Gasteiger partial charge in [-0.25, -0.2) is 0 Å². The number of nitrogens with two attached hydrogens (primary N) is 1. The molecule has 0 bridgehead atoms. The van der Waals surface area contributed by atoms with Crippen LogP contribution >= 0.6 is 11.5 Å². The van der Waals surface area contributed by atoms with Crippen molar-refractivity contribution in [1.29, 1.82) is 0 Å². The summed E-state index contributed by atoms with van der Waals surface area (Å²) in [5.41, 5.74) is 8.05. The Bertz CT molecular complexity index is 733. The summed E-state index contributed by atoms with van der Waals surface area (Å²) in [6.45, 7) is 4.00. The summed E-state index contributed by atoms with van der Waals surface area (Å²) in [6.07, 6.45) is 0. The molecule has 4 nitrogen and oxygen atoms in total. The van der Waals surface area contributed by atoms with Gasteiger partial charge in [0.1, 0.15) is 22.3 Å². The second-order valence-electron chi connectivity index (χ2n) is 4.95. The van der Waals surface area contributed by atoms with Gasteiger partial charge in [-0.3, -0.25) is 0 Å². The number of anilines is 2. The third-order valence-corrected chi connectivity index (χ3v) is 4.11. The molecule has 108 valence electrons. The smallest absolute Gasteiger partial charge is 0.147 e. The van der Waals surface area contributed by atoms with Gasteiger partial charge >= 0.3 is 0 Å². The summed E-state index contributed by atoms with van der Waals surface area (Å²) in [4.78, 5) is 0. The predicted octanol–water partition coefficient (Wildman–Crippen LogP) is 4.47. The van der Waals surface area contributed by atoms with Crippen LogP contribution in [-0.4, -0.2) is 4.37 Å². The molecule has 0 aliphatic heterocycles. The molecule has 0 radical (unpaired) electrons. The molecule has 1 unspecified atom stereocenters. The summed E-state index contributed by atoms with van der Waals surface area (Å²) in [7, 11) is 0. The van der Waals surface area contributed by atoms with Gasteiger partial charge < -0.3 is 15.5 Å². The summed E-state index contributed by atoms with van der Waals surface area (Å²) in [6, 6.07) is 14.1. The lowest BCUT2D eigenvalue weighted by atomic mass is 10.1. The Labute approximate surface area is 127 Å². The first kappa shape index (κ1) is 13.7. The average Bonchev–Trinajstić information content (AvgIpc) is 3.06. The van der Waals surface area contributed by atoms with E-state index in [1.807, 2.05) is 49.4 Å². The Morgan fingerprint density at radius 2 is 1.95 bits per heavy atom. The Morgan fingerprint density at radius 3 is 2.62 bits per heavy atom. The molecular weight excluding hydrogens is 282 g/mol. The van der Waals surface area contributed by atoms with Gasteiger partial charge in [-0.15, -0.1) is 0 Å². The third kappa shape index (κ3) is 2.78. The number of nitrogens with one attached hydrogen (secondary N) is 1. The zero-order chi connectivity index (χ0) is 14.8. The number of aromatic nitrogens is 1. The molecule has 3 N–H and O–H groups in total. The van der Waals surface area contributed by atoms with Crippen LogP contribution in [0.3, 0.4) is 0 Å². The maximum atomic E-state index is 6.03. The van der Waals surface area contributed by atoms with E-state index in [9.17, 15) is 0 Å². The Morgan fingerprint density at radius 1 is 1.19 bits per heavy atom. The fraction of sp³-hybridized carbons (Fsp3) is 0.188. The number of furan rings is 1. The average molecular weight is 299 g/mol. The highest BCUT2D eigenvalue weighted by molar-refractivity contribution is 7.11. The number of aryl methyl sites for hydroxylation is 1. The molecule has 0 saturated heterocycles. The largest absolute Gasteiger partial charge is 0.464 e. The minimum atomic E-state index is 0.0565. The monoisotopic (exact) mass is 299 g/mol. The lowest BCUT2D eigenvalue weighted by Gasteiger charge is -2.13. The summed E-state index contributed by atoms with van der Waals surface area (Å²) in [5.74, 6) is 2.36. The van der Waals surface area contributed by atoms with Crippen molar-refractivity contribution >= 4 is 22.4 Å². The van der Waals surface area contributed by atoms with Gasteiger partial charge in [-0.2, -0.15) is 4.37 Å². The van der Waals surface area contributed by atoms with Gasteiger partial charge in [-0.1, -0.05) is 30.3 Å². The molecule has 0 aliphatic rings. The van der Waals surface area contributed by atoms with E-state index in [-0.39, 0.29) is 6.04 Å². The predicted molar refractivity (Wildman–Crippen MR) is 87.4 cm³/mol. The SMILES string of the molecule is Cc1ccc(C(C)Nc2snc(N)c2-c2ccccc2)o1. The van der Waals surface area contributed by atoms with Crippen molar-refractivity contribution in [1.82, 2.24) is 4.37 Å². The number of nitrogen functional groups attached to an aromatic ring is 1. The minimum Gasteiger partial charge on any atom is -0.464 e. The summed E-state index contributed by atoms with van der Waals surface area (Å²) in [5, 5.41) is 4.40. The molecule has 21 heavy (non-hydrogen) atoms. The highest BCUT2D eigenvalue weighted by Gasteiger charge is 2.17. The van der Waals surface area contributed by atoms with Crippen molar-refractivity contribution in [3.8, 4) is 11.1 Å². The van der Waals surface area contributed by atoms with Crippen molar-refractivity contribution in [2.45, 2.75) is 19.9 Å². The maximum Gasteiger partial charge on any atom is 0.147 e. The minimum absolute atomic E-state index is 0.0565. The van der Waals surface area contributed by atoms with E-state index in [4.69, 9.17) is 10.2 Å². The first-order chi connectivity index (χ1) is 10.1. The number of benzene rings is 1. The lowest BCUT2D eigenvalue weighted by Crippen LogP contribution is -2.05. The number of rotatable bonds is 4. The van der Waals surface area contributed by atoms with Crippen molar-refractivity contribution in [2.24, 2.45) is 0 Å². The zero-order valence-electron chi connectivity index (χ0n) is 12.0. The van der Waals surface area contributed by atoms with Crippen molar-refractivity contribution in [3.63, 3.8) is 0 Å². The molecule has 1 atom stereocenters. The van der Waals surface area contributed by atoms with Gasteiger partial charge in [0.2, 0.25) is 0 Å². The van der Waals surface area contributed by atoms with E-state index >= 15 is 0 Å². The van der Waals surface area contributed by atoms with Crippen LogP contribution in [0.2, 0.25) is 0 Å². The normalized spacial score (nSPS) is 12.3. The molecular formula is C16H17N3OS. The second kappa shape index (κ2) is 5.61. The van der Waals surface area contributed by atoms with Gasteiger partial charge in [0.05, 0.1) is 11.6 Å². The molecule has 0 saturated carbocycles. The van der Waals surface area contributed by atoms with Crippen LogP contribution in [0.5, 0.6) is 0 Å². The topological polar surface area (TPSA) is 64.1 Å². The molecule has 3 aromatic rings. The van der Waals surface area contributed by atoms with Gasteiger partial charge in [0, 0.05) is 0 Å². The Kier molecular flexibility index (Phi) is 3.66. The fourth-order valence-electron chi connectivity index (χ4n) is 2.24. The first-order valence-corrected chi connectivity index (χ1v) is 7.56. The van der Waals surface area contributed by atoms with Crippen LogP contribution in [0.25, 0.3) is 11.1 Å². The van der Waals surface area contributed by atoms with Crippen LogP contribution in [0, 0.1) is 6.92 Å². The second-order valence-corrected chi connectivity index (χ2v) is 5.73. The molecule has 2 aromatic heterocycles. The van der Waals surface area contributed by atoms with Gasteiger partial charge in [-0.05, 0) is 43.1 Å². The number of hydrogen-bond donors (Lipinski definition) is 2. The third-order valence-electron chi connectivity index (χ3n) is 3.32. The van der Waals surface area contributed by atoms with Crippen LogP contribution in [0.15, 0.2) is 46.9 Å². The Balaban J connectivity index is 1.90. The van der Waals surface area contributed by atoms with E-state index in [0.29, 0.717) is 5.82 Å². The van der Waals surface area contributed by atoms with Crippen LogP contribution in [0.4, 0.5) is 10.8 Å². The van der Waals surface area contributed by atoms with E-state index in [1.165, 1.54) is 11.5 Å². The lowest BCUT2D eigenvalue weighted by molar-refractivity contribution is 0.467. The van der Waals surface area contributed by atoms with Crippen LogP contribution in [-0.2, 0) is 0 Å². The molecule has 0 amide bonds. The van der Waals surface area contributed by atoms with Crippen LogP contribution < -0.4 is 11.1 Å². The van der Waals surface area contributed by atoms with E-state index in [0.717, 1.165) is 27.6 Å². The number of nitrogens with zero attached hydrogens (tertiary/aromatic N) is 1. The first-order valence-electron chi connectivity index (χ1n) is 6.78. The number of hydrogen-bond acceptors (Lipinski definition) is 5. The standard InChI is InChI=1S/C16H17N3OS/c1-10-8-9-13(20-10)11(2)18-16-14(15(17)19-21-16)12-6-4-3-5-7-12/h3-9,11,18H,1-2H3,(H2,17,19). The van der Waals surface area contributed by atoms with Gasteiger partial charge in [0.15, 0.2) is 0 Å². The van der Waals surface area contributed by atoms with Crippen molar-refractivity contribution in [3.05, 3.63) is 54.0 Å². The van der Waals surface area contributed by atoms with Crippen molar-refractivity contribution < 1.29 is 4.42 Å². The van der Waals surface area contributed by atoms with E-state index in [2.05, 4.69) is 16.6 Å². The molecule has 5 heteroatoms. The highest BCUT2D eigenvalue weighted by Crippen LogP contribution is 2.38. The fourth-order valence-corrected chi connectivity index (χ4v) is 3.06. The van der Waals surface area contributed by atoms with Crippen LogP contribution in [0.1, 0.15) is 24.5 Å². The van der Waals surface area contributed by atoms with Crippen molar-refractivity contribution in [2.75, 3.05) is 11.1 Å². The van der Waals surface area contributed by atoms with E-state index in [1.54, 1.807) is 0 Å². The maximum absolute atomic E-state index is 6.03. The summed E-state index contributed by atoms with van der Waals surface area (Å²) < 4.78 is 9.93. The molecule has 0 fully saturated rings. The Hall–Kier alpha value is -2.27. The highest BCUT2D eigenvalue weighted by atomic mass is 32.1. The molecule has 0 aliphatic carbocycles. The quantitative estimate of drug-likeness (QED) is 0.746. The molecule has 1 aromatic carbocycles. The molecule has 2 heterocycles. The molecule has 3 rings (SSSR count). The zero-order valence-corrected chi connectivity index (χ0v) is 12.8.